The predicted octanol–water partition coefficient (Wildman–Crippen LogP) is 6.01. The fourth-order valence-corrected chi connectivity index (χ4v) is 6.30. The SMILES string of the molecule is O=S(=O)(c1ccccc1F)c1cc(C2CCC2)ccc1Cc1ccc2c(c1)CCC2. The molecule has 0 N–H and O–H groups in total. The van der Waals surface area contributed by atoms with Crippen molar-refractivity contribution in [3.8, 4) is 0 Å². The van der Waals surface area contributed by atoms with Gasteiger partial charge >= 0.3 is 0 Å². The van der Waals surface area contributed by atoms with E-state index < -0.39 is 15.7 Å². The molecule has 1 saturated carbocycles. The van der Waals surface area contributed by atoms with Gasteiger partial charge in [-0.05, 0) is 90.5 Å². The molecule has 0 aromatic heterocycles. The van der Waals surface area contributed by atoms with Crippen LogP contribution in [0.2, 0.25) is 0 Å². The molecule has 0 radical (unpaired) electrons. The molecule has 3 aromatic rings. The maximum absolute atomic E-state index is 14.4. The highest BCUT2D eigenvalue weighted by atomic mass is 32.2. The zero-order valence-electron chi connectivity index (χ0n) is 16.9. The highest BCUT2D eigenvalue weighted by Gasteiger charge is 2.27. The van der Waals surface area contributed by atoms with Gasteiger partial charge in [-0.3, -0.25) is 0 Å². The minimum absolute atomic E-state index is 0.244. The summed E-state index contributed by atoms with van der Waals surface area (Å²) in [4.78, 5) is 0.00320. The van der Waals surface area contributed by atoms with Crippen molar-refractivity contribution in [2.75, 3.05) is 0 Å². The highest BCUT2D eigenvalue weighted by molar-refractivity contribution is 7.91. The molecule has 0 atom stereocenters. The van der Waals surface area contributed by atoms with Gasteiger partial charge in [0, 0.05) is 0 Å². The molecule has 154 valence electrons. The van der Waals surface area contributed by atoms with E-state index in [1.165, 1.54) is 42.2 Å². The molecule has 0 unspecified atom stereocenters. The van der Waals surface area contributed by atoms with Crippen molar-refractivity contribution >= 4 is 9.84 Å². The van der Waals surface area contributed by atoms with Crippen LogP contribution in [0.5, 0.6) is 0 Å². The summed E-state index contributed by atoms with van der Waals surface area (Å²) in [5.41, 5.74) is 5.67. The zero-order valence-corrected chi connectivity index (χ0v) is 17.7. The molecule has 2 nitrogen and oxygen atoms in total. The molecule has 0 spiro atoms. The van der Waals surface area contributed by atoms with Crippen molar-refractivity contribution in [1.82, 2.24) is 0 Å². The minimum atomic E-state index is -3.95. The Morgan fingerprint density at radius 1 is 0.833 bits per heavy atom. The number of fused-ring (bicyclic) bond motifs is 1. The lowest BCUT2D eigenvalue weighted by Gasteiger charge is -2.26. The molecule has 0 bridgehead atoms. The second-order valence-corrected chi connectivity index (χ2v) is 10.4. The van der Waals surface area contributed by atoms with Crippen LogP contribution in [0.3, 0.4) is 0 Å². The molecule has 1 fully saturated rings. The van der Waals surface area contributed by atoms with Crippen molar-refractivity contribution in [3.05, 3.63) is 94.3 Å². The van der Waals surface area contributed by atoms with E-state index in [1.807, 2.05) is 6.07 Å². The van der Waals surface area contributed by atoms with Crippen LogP contribution in [0.25, 0.3) is 0 Å². The van der Waals surface area contributed by atoms with Crippen LogP contribution in [0.15, 0.2) is 70.5 Å². The first kappa shape index (κ1) is 19.5. The molecule has 2 aliphatic rings. The quantitative estimate of drug-likeness (QED) is 0.507. The van der Waals surface area contributed by atoms with Gasteiger partial charge in [0.2, 0.25) is 9.84 Å². The van der Waals surface area contributed by atoms with Gasteiger partial charge in [-0.25, -0.2) is 12.8 Å². The van der Waals surface area contributed by atoms with Gasteiger partial charge in [-0.2, -0.15) is 0 Å². The zero-order chi connectivity index (χ0) is 20.7. The van der Waals surface area contributed by atoms with Gasteiger partial charge in [-0.1, -0.05) is 48.9 Å². The van der Waals surface area contributed by atoms with Gasteiger partial charge < -0.3 is 0 Å². The van der Waals surface area contributed by atoms with Gasteiger partial charge in [0.05, 0.1) is 4.90 Å². The second-order valence-electron chi connectivity index (χ2n) is 8.56. The van der Waals surface area contributed by atoms with Crippen molar-refractivity contribution in [2.45, 2.75) is 60.7 Å². The van der Waals surface area contributed by atoms with Crippen LogP contribution < -0.4 is 0 Å². The molecule has 30 heavy (non-hydrogen) atoms. The van der Waals surface area contributed by atoms with Crippen LogP contribution in [-0.4, -0.2) is 8.42 Å². The van der Waals surface area contributed by atoms with Crippen LogP contribution in [0.1, 0.15) is 59.4 Å². The van der Waals surface area contributed by atoms with Crippen molar-refractivity contribution < 1.29 is 12.8 Å². The van der Waals surface area contributed by atoms with Crippen molar-refractivity contribution in [3.63, 3.8) is 0 Å². The summed E-state index contributed by atoms with van der Waals surface area (Å²) < 4.78 is 41.4. The van der Waals surface area contributed by atoms with E-state index in [-0.39, 0.29) is 9.79 Å². The Morgan fingerprint density at radius 3 is 2.40 bits per heavy atom. The molecular formula is C26H25FO2S. The van der Waals surface area contributed by atoms with Crippen LogP contribution >= 0.6 is 0 Å². The Labute approximate surface area is 177 Å². The van der Waals surface area contributed by atoms with Gasteiger partial charge in [-0.15, -0.1) is 0 Å². The van der Waals surface area contributed by atoms with Crippen molar-refractivity contribution in [1.29, 1.82) is 0 Å². The first-order valence-electron chi connectivity index (χ1n) is 10.8. The van der Waals surface area contributed by atoms with Gasteiger partial charge in [0.15, 0.2) is 0 Å². The van der Waals surface area contributed by atoms with Crippen LogP contribution in [0.4, 0.5) is 4.39 Å². The lowest BCUT2D eigenvalue weighted by atomic mass is 9.80. The summed E-state index contributed by atoms with van der Waals surface area (Å²) in [6.07, 6.45) is 7.27. The van der Waals surface area contributed by atoms with Crippen LogP contribution in [0, 0.1) is 5.82 Å². The van der Waals surface area contributed by atoms with E-state index in [0.717, 1.165) is 42.4 Å². The van der Waals surface area contributed by atoms with E-state index in [0.29, 0.717) is 12.3 Å². The van der Waals surface area contributed by atoms with E-state index >= 15 is 0 Å². The van der Waals surface area contributed by atoms with Gasteiger partial charge in [0.25, 0.3) is 0 Å². The van der Waals surface area contributed by atoms with E-state index in [2.05, 4.69) is 24.3 Å². The third kappa shape index (κ3) is 3.47. The Kier molecular flexibility index (Phi) is 4.98. The predicted molar refractivity (Wildman–Crippen MR) is 116 cm³/mol. The summed E-state index contributed by atoms with van der Waals surface area (Å²) in [6.45, 7) is 0. The molecule has 2 aliphatic carbocycles. The van der Waals surface area contributed by atoms with E-state index in [4.69, 9.17) is 0 Å². The maximum Gasteiger partial charge on any atom is 0.209 e. The standard InChI is InChI=1S/C26H25FO2S/c27-24-9-1-2-10-25(24)30(28,29)26-17-22(19-5-3-6-19)13-14-23(26)16-18-11-12-20-7-4-8-21(20)15-18/h1-2,9-15,17,19H,3-8,16H2. The monoisotopic (exact) mass is 420 g/mol. The fourth-order valence-electron chi connectivity index (χ4n) is 4.70. The Hall–Kier alpha value is -2.46. The normalized spacial score (nSPS) is 16.3. The number of rotatable bonds is 5. The Balaban J connectivity index is 1.59. The number of halogens is 1. The third-order valence-corrected chi connectivity index (χ3v) is 8.51. The average Bonchev–Trinajstić information content (AvgIpc) is 3.16. The third-order valence-electron chi connectivity index (χ3n) is 6.64. The smallest absolute Gasteiger partial charge is 0.209 e. The number of hydrogen-bond donors (Lipinski definition) is 0. The van der Waals surface area contributed by atoms with E-state index in [1.54, 1.807) is 12.1 Å². The summed E-state index contributed by atoms with van der Waals surface area (Å²) in [6, 6.07) is 18.0. The molecule has 4 heteroatoms. The summed E-state index contributed by atoms with van der Waals surface area (Å²) in [5, 5.41) is 0. The molecular weight excluding hydrogens is 395 g/mol. The lowest BCUT2D eigenvalue weighted by molar-refractivity contribution is 0.419. The highest BCUT2D eigenvalue weighted by Crippen LogP contribution is 2.39. The minimum Gasteiger partial charge on any atom is -0.218 e. The lowest BCUT2D eigenvalue weighted by Crippen LogP contribution is -2.13. The fraction of sp³-hybridized carbons (Fsp3) is 0.308. The Morgan fingerprint density at radius 2 is 1.63 bits per heavy atom. The molecule has 0 saturated heterocycles. The number of aryl methyl sites for hydroxylation is 2. The van der Waals surface area contributed by atoms with E-state index in [9.17, 15) is 12.8 Å². The molecule has 0 heterocycles. The largest absolute Gasteiger partial charge is 0.218 e. The first-order chi connectivity index (χ1) is 14.5. The van der Waals surface area contributed by atoms with Crippen LogP contribution in [-0.2, 0) is 29.1 Å². The topological polar surface area (TPSA) is 34.1 Å². The Bertz CT molecular complexity index is 1210. The van der Waals surface area contributed by atoms with Gasteiger partial charge in [0.1, 0.15) is 10.7 Å². The van der Waals surface area contributed by atoms with Crippen molar-refractivity contribution in [2.24, 2.45) is 0 Å². The summed E-state index contributed by atoms with van der Waals surface area (Å²) in [7, 11) is -3.95. The number of benzene rings is 3. The molecule has 0 amide bonds. The molecule has 3 aromatic carbocycles. The second kappa shape index (κ2) is 7.66. The first-order valence-corrected chi connectivity index (χ1v) is 12.2. The molecule has 5 rings (SSSR count). The summed E-state index contributed by atoms with van der Waals surface area (Å²) >= 11 is 0. The number of hydrogen-bond acceptors (Lipinski definition) is 2. The molecule has 0 aliphatic heterocycles. The summed E-state index contributed by atoms with van der Waals surface area (Å²) in [5.74, 6) is -0.288. The average molecular weight is 421 g/mol. The number of sulfone groups is 1. The maximum atomic E-state index is 14.4.